The highest BCUT2D eigenvalue weighted by molar-refractivity contribution is 6.26. The fourth-order valence-electron chi connectivity index (χ4n) is 7.80. The highest BCUT2D eigenvalue weighted by atomic mass is 16.3. The Bertz CT molecular complexity index is 3190. The second kappa shape index (κ2) is 11.7. The van der Waals surface area contributed by atoms with Crippen molar-refractivity contribution < 1.29 is 4.42 Å². The van der Waals surface area contributed by atoms with E-state index in [-0.39, 0.29) is 0 Å². The molecule has 0 bridgehead atoms. The Kier molecular flexibility index (Phi) is 6.48. The third-order valence-corrected chi connectivity index (χ3v) is 10.3. The minimum Gasteiger partial charge on any atom is -0.454 e. The van der Waals surface area contributed by atoms with Gasteiger partial charge in [-0.2, -0.15) is 0 Å². The number of para-hydroxylation sites is 2. The zero-order chi connectivity index (χ0) is 34.9. The van der Waals surface area contributed by atoms with Gasteiger partial charge in [0.15, 0.2) is 23.1 Å². The van der Waals surface area contributed by atoms with Crippen molar-refractivity contribution in [2.45, 2.75) is 0 Å². The lowest BCUT2D eigenvalue weighted by Gasteiger charge is -2.12. The van der Waals surface area contributed by atoms with Crippen LogP contribution < -0.4 is 0 Å². The van der Waals surface area contributed by atoms with Gasteiger partial charge in [0.2, 0.25) is 0 Å². The Labute approximate surface area is 303 Å². The highest BCUT2D eigenvalue weighted by Crippen LogP contribution is 2.40. The lowest BCUT2D eigenvalue weighted by Crippen LogP contribution is -2.00. The van der Waals surface area contributed by atoms with Crippen LogP contribution in [-0.2, 0) is 0 Å². The van der Waals surface area contributed by atoms with Gasteiger partial charge in [-0.3, -0.25) is 0 Å². The van der Waals surface area contributed by atoms with Gasteiger partial charge in [-0.1, -0.05) is 152 Å². The zero-order valence-corrected chi connectivity index (χ0v) is 28.4. The average molecular weight is 677 g/mol. The van der Waals surface area contributed by atoms with Crippen molar-refractivity contribution in [2.24, 2.45) is 0 Å². The van der Waals surface area contributed by atoms with Gasteiger partial charge in [0.1, 0.15) is 11.3 Å². The third-order valence-electron chi connectivity index (χ3n) is 10.3. The highest BCUT2D eigenvalue weighted by Gasteiger charge is 2.19. The zero-order valence-electron chi connectivity index (χ0n) is 28.4. The topological polar surface area (TPSA) is 64.7 Å². The van der Waals surface area contributed by atoms with Crippen molar-refractivity contribution in [3.8, 4) is 45.4 Å². The Hall–Kier alpha value is -7.24. The number of hydrogen-bond acceptors (Lipinski definition) is 5. The van der Waals surface area contributed by atoms with E-state index in [2.05, 4.69) is 121 Å². The van der Waals surface area contributed by atoms with Gasteiger partial charge in [0.25, 0.3) is 0 Å². The van der Waals surface area contributed by atoms with E-state index >= 15 is 0 Å². The molecule has 53 heavy (non-hydrogen) atoms. The number of fused-ring (bicyclic) bond motifs is 11. The molecule has 0 aliphatic rings. The molecule has 5 heteroatoms. The summed E-state index contributed by atoms with van der Waals surface area (Å²) in [5, 5.41) is 10.5. The van der Waals surface area contributed by atoms with E-state index < -0.39 is 0 Å². The SMILES string of the molecule is c1ccc(-c2nc(-c3ccc(-c4nc5ccccc5c5c4oc4ccccc45)cc3)nc(-c3ccc4c5ccccc5c5ccccc5c4c3)n2)cc1. The Morgan fingerprint density at radius 1 is 0.321 bits per heavy atom. The van der Waals surface area contributed by atoms with Crippen molar-refractivity contribution in [2.75, 3.05) is 0 Å². The molecule has 246 valence electrons. The van der Waals surface area contributed by atoms with E-state index in [9.17, 15) is 0 Å². The first kappa shape index (κ1) is 29.5. The average Bonchev–Trinajstić information content (AvgIpc) is 3.64. The molecule has 11 aromatic rings. The molecule has 0 amide bonds. The number of benzene rings is 8. The van der Waals surface area contributed by atoms with E-state index in [4.69, 9.17) is 24.4 Å². The molecule has 11 rings (SSSR count). The Morgan fingerprint density at radius 3 is 1.47 bits per heavy atom. The molecule has 0 aliphatic heterocycles. The molecule has 0 N–H and O–H groups in total. The molecule has 0 unspecified atom stereocenters. The van der Waals surface area contributed by atoms with E-state index in [1.54, 1.807) is 0 Å². The van der Waals surface area contributed by atoms with E-state index in [0.717, 1.165) is 60.8 Å². The summed E-state index contributed by atoms with van der Waals surface area (Å²) in [6.07, 6.45) is 0. The summed E-state index contributed by atoms with van der Waals surface area (Å²) in [5.41, 5.74) is 7.06. The maximum Gasteiger partial charge on any atom is 0.164 e. The van der Waals surface area contributed by atoms with Crippen molar-refractivity contribution in [3.05, 3.63) is 170 Å². The fraction of sp³-hybridized carbons (Fsp3) is 0. The molecular formula is C48H28N4O. The van der Waals surface area contributed by atoms with Gasteiger partial charge in [-0.25, -0.2) is 19.9 Å². The van der Waals surface area contributed by atoms with Crippen LogP contribution in [0.1, 0.15) is 0 Å². The van der Waals surface area contributed by atoms with Crippen LogP contribution in [-0.4, -0.2) is 19.9 Å². The maximum atomic E-state index is 6.48. The van der Waals surface area contributed by atoms with E-state index in [1.165, 1.54) is 32.3 Å². The first-order valence-electron chi connectivity index (χ1n) is 17.7. The summed E-state index contributed by atoms with van der Waals surface area (Å²) < 4.78 is 6.48. The van der Waals surface area contributed by atoms with Crippen molar-refractivity contribution in [1.82, 2.24) is 19.9 Å². The van der Waals surface area contributed by atoms with Crippen molar-refractivity contribution in [3.63, 3.8) is 0 Å². The molecule has 8 aromatic carbocycles. The minimum absolute atomic E-state index is 0.601. The van der Waals surface area contributed by atoms with Crippen LogP contribution in [0.25, 0.3) is 111 Å². The Balaban J connectivity index is 1.08. The van der Waals surface area contributed by atoms with E-state index in [0.29, 0.717) is 17.5 Å². The van der Waals surface area contributed by atoms with Crippen LogP contribution in [0.15, 0.2) is 174 Å². The predicted octanol–water partition coefficient (Wildman–Crippen LogP) is 12.4. The van der Waals surface area contributed by atoms with E-state index in [1.807, 2.05) is 48.5 Å². The second-order valence-electron chi connectivity index (χ2n) is 13.4. The van der Waals surface area contributed by atoms with Gasteiger partial charge in [0, 0.05) is 38.4 Å². The molecule has 0 atom stereocenters. The number of nitrogens with zero attached hydrogens (tertiary/aromatic N) is 4. The fourth-order valence-corrected chi connectivity index (χ4v) is 7.80. The summed E-state index contributed by atoms with van der Waals surface area (Å²) in [7, 11) is 0. The smallest absolute Gasteiger partial charge is 0.164 e. The molecule has 5 nitrogen and oxygen atoms in total. The van der Waals surface area contributed by atoms with Crippen LogP contribution >= 0.6 is 0 Å². The first-order chi connectivity index (χ1) is 26.3. The molecule has 0 spiro atoms. The lowest BCUT2D eigenvalue weighted by atomic mass is 9.93. The number of rotatable bonds is 4. The van der Waals surface area contributed by atoms with Crippen LogP contribution in [0.5, 0.6) is 0 Å². The largest absolute Gasteiger partial charge is 0.454 e. The van der Waals surface area contributed by atoms with Gasteiger partial charge in [0.05, 0.1) is 5.52 Å². The molecule has 0 radical (unpaired) electrons. The normalized spacial score (nSPS) is 11.8. The molecule has 0 aliphatic carbocycles. The van der Waals surface area contributed by atoms with Crippen LogP contribution in [0.4, 0.5) is 0 Å². The first-order valence-corrected chi connectivity index (χ1v) is 17.7. The minimum atomic E-state index is 0.601. The maximum absolute atomic E-state index is 6.48. The van der Waals surface area contributed by atoms with Gasteiger partial charge in [-0.05, 0) is 50.5 Å². The van der Waals surface area contributed by atoms with Gasteiger partial charge in [-0.15, -0.1) is 0 Å². The Morgan fingerprint density at radius 2 is 0.792 bits per heavy atom. The number of pyridine rings is 1. The van der Waals surface area contributed by atoms with Crippen LogP contribution in [0.3, 0.4) is 0 Å². The number of furan rings is 1. The van der Waals surface area contributed by atoms with Gasteiger partial charge < -0.3 is 4.42 Å². The molecule has 0 fully saturated rings. The van der Waals surface area contributed by atoms with Crippen molar-refractivity contribution >= 4 is 65.2 Å². The van der Waals surface area contributed by atoms with Crippen molar-refractivity contribution in [1.29, 1.82) is 0 Å². The molecule has 3 aromatic heterocycles. The lowest BCUT2D eigenvalue weighted by molar-refractivity contribution is 0.669. The molecule has 0 saturated heterocycles. The predicted molar refractivity (Wildman–Crippen MR) is 217 cm³/mol. The third kappa shape index (κ3) is 4.71. The summed E-state index contributed by atoms with van der Waals surface area (Å²) in [6.45, 7) is 0. The van der Waals surface area contributed by atoms with Gasteiger partial charge >= 0.3 is 0 Å². The van der Waals surface area contributed by atoms with Crippen LogP contribution in [0, 0.1) is 0 Å². The van der Waals surface area contributed by atoms with Crippen LogP contribution in [0.2, 0.25) is 0 Å². The number of hydrogen-bond donors (Lipinski definition) is 0. The molecular weight excluding hydrogens is 649 g/mol. The monoisotopic (exact) mass is 676 g/mol. The number of aromatic nitrogens is 4. The summed E-state index contributed by atoms with van der Waals surface area (Å²) >= 11 is 0. The summed E-state index contributed by atoms with van der Waals surface area (Å²) in [4.78, 5) is 20.3. The second-order valence-corrected chi connectivity index (χ2v) is 13.4. The summed E-state index contributed by atoms with van der Waals surface area (Å²) in [5.74, 6) is 1.85. The molecule has 3 heterocycles. The summed E-state index contributed by atoms with van der Waals surface area (Å²) in [6, 6.07) is 58.6. The quantitative estimate of drug-likeness (QED) is 0.174. The standard InChI is InChI=1S/C48H28N4O/c1-2-12-30(13-3-1)46-50-47(52-48(51-46)32-26-27-37-35-16-5-4-14-33(35)34-15-6-7-17-36(34)40(37)28-32)31-24-22-29(23-25-31)44-45-43(38-18-8-10-20-41(38)49-44)39-19-9-11-21-42(39)53-45/h1-28H. The molecule has 0 saturated carbocycles.